The van der Waals surface area contributed by atoms with Crippen LogP contribution in [0.25, 0.3) is 5.69 Å². The molecule has 0 radical (unpaired) electrons. The quantitative estimate of drug-likeness (QED) is 0.477. The van der Waals surface area contributed by atoms with Gasteiger partial charge in [-0.1, -0.05) is 5.16 Å². The van der Waals surface area contributed by atoms with E-state index in [4.69, 9.17) is 14.0 Å². The minimum Gasteiger partial charge on any atom is -0.477 e. The Morgan fingerprint density at radius 2 is 2.12 bits per heavy atom. The van der Waals surface area contributed by atoms with E-state index in [0.717, 1.165) is 48.5 Å². The Bertz CT molecular complexity index is 1050. The van der Waals surface area contributed by atoms with Crippen LogP contribution in [0, 0.1) is 24.7 Å². The second-order valence-corrected chi connectivity index (χ2v) is 9.00. The minimum atomic E-state index is -0.155. The third kappa shape index (κ3) is 4.82. The third-order valence-corrected chi connectivity index (χ3v) is 6.90. The van der Waals surface area contributed by atoms with E-state index in [1.54, 1.807) is 24.3 Å². The monoisotopic (exact) mass is 454 g/mol. The predicted octanol–water partition coefficient (Wildman–Crippen LogP) is 2.78. The van der Waals surface area contributed by atoms with E-state index in [1.165, 1.54) is 19.3 Å². The molecule has 1 aliphatic carbocycles. The molecular weight excluding hydrogens is 424 g/mol. The summed E-state index contributed by atoms with van der Waals surface area (Å²) in [5, 5.41) is 15.2. The van der Waals surface area contributed by atoms with Gasteiger partial charge in [-0.25, -0.2) is 4.98 Å². The molecule has 1 saturated heterocycles. The van der Waals surface area contributed by atoms with E-state index in [0.29, 0.717) is 24.3 Å². The van der Waals surface area contributed by atoms with Crippen LogP contribution < -0.4 is 9.64 Å². The number of piperidine rings is 1. The van der Waals surface area contributed by atoms with Gasteiger partial charge in [-0.05, 0) is 73.8 Å². The largest absolute Gasteiger partial charge is 0.477 e. The van der Waals surface area contributed by atoms with Crippen LogP contribution in [0.5, 0.6) is 5.88 Å². The average molecular weight is 455 g/mol. The molecule has 0 aromatic carbocycles. The Balaban J connectivity index is 1.05. The molecule has 0 spiro atoms. The fourth-order valence-electron chi connectivity index (χ4n) is 4.73. The number of rotatable bonds is 9. The molecule has 11 nitrogen and oxygen atoms in total. The Morgan fingerprint density at radius 1 is 1.27 bits per heavy atom. The summed E-state index contributed by atoms with van der Waals surface area (Å²) >= 11 is 0. The van der Waals surface area contributed by atoms with Crippen LogP contribution in [0.2, 0.25) is 0 Å². The van der Waals surface area contributed by atoms with Crippen LogP contribution in [0.4, 0.5) is 6.01 Å². The van der Waals surface area contributed by atoms with Crippen LogP contribution in [-0.2, 0) is 4.74 Å². The number of tetrazole rings is 1. The van der Waals surface area contributed by atoms with E-state index in [-0.39, 0.29) is 6.10 Å². The molecular formula is C22H30N8O3. The zero-order valence-corrected chi connectivity index (χ0v) is 19.3. The topological polar surface area (TPSA) is 117 Å². The molecule has 176 valence electrons. The molecule has 0 bridgehead atoms. The summed E-state index contributed by atoms with van der Waals surface area (Å²) in [5.74, 6) is 3.60. The molecule has 3 aromatic heterocycles. The van der Waals surface area contributed by atoms with Crippen LogP contribution in [0.1, 0.15) is 50.1 Å². The van der Waals surface area contributed by atoms with Crippen molar-refractivity contribution in [2.75, 3.05) is 31.7 Å². The van der Waals surface area contributed by atoms with Crippen molar-refractivity contribution in [1.82, 2.24) is 35.3 Å². The van der Waals surface area contributed by atoms with Crippen molar-refractivity contribution in [2.45, 2.75) is 45.6 Å². The van der Waals surface area contributed by atoms with E-state index >= 15 is 0 Å². The first kappa shape index (κ1) is 21.7. The number of hydrogen-bond donors (Lipinski definition) is 0. The van der Waals surface area contributed by atoms with Crippen molar-refractivity contribution >= 4 is 6.01 Å². The maximum Gasteiger partial charge on any atom is 0.324 e. The molecule has 2 fully saturated rings. The van der Waals surface area contributed by atoms with Crippen molar-refractivity contribution in [3.05, 3.63) is 30.0 Å². The third-order valence-electron chi connectivity index (χ3n) is 6.90. The van der Waals surface area contributed by atoms with Gasteiger partial charge in [0.15, 0.2) is 0 Å². The van der Waals surface area contributed by atoms with Crippen molar-refractivity contribution in [3.63, 3.8) is 0 Å². The number of methoxy groups -OCH3 is 1. The van der Waals surface area contributed by atoms with Crippen molar-refractivity contribution < 1.29 is 14.0 Å². The van der Waals surface area contributed by atoms with Gasteiger partial charge < -0.3 is 18.9 Å². The number of aryl methyl sites for hydroxylation is 1. The summed E-state index contributed by atoms with van der Waals surface area (Å²) in [6.07, 6.45) is 7.83. The molecule has 1 aliphatic heterocycles. The first-order valence-corrected chi connectivity index (χ1v) is 11.6. The molecule has 3 atom stereocenters. The lowest BCUT2D eigenvalue weighted by Crippen LogP contribution is -2.34. The Labute approximate surface area is 192 Å². The van der Waals surface area contributed by atoms with Crippen molar-refractivity contribution in [2.24, 2.45) is 17.8 Å². The van der Waals surface area contributed by atoms with Crippen molar-refractivity contribution in [1.29, 1.82) is 0 Å². The summed E-state index contributed by atoms with van der Waals surface area (Å²) in [5.41, 5.74) is 1.80. The van der Waals surface area contributed by atoms with Crippen molar-refractivity contribution in [3.8, 4) is 11.6 Å². The lowest BCUT2D eigenvalue weighted by Gasteiger charge is -2.30. The zero-order chi connectivity index (χ0) is 22.8. The van der Waals surface area contributed by atoms with Crippen LogP contribution in [0.3, 0.4) is 0 Å². The SMILES string of the molecule is COC(C)c1noc(N2CCC([C@H]3C[C@H]3CCOc3ncc(-n4cnnn4)cc3C)CC2)n1. The first-order chi connectivity index (χ1) is 16.1. The highest BCUT2D eigenvalue weighted by atomic mass is 16.5. The van der Waals surface area contributed by atoms with Gasteiger partial charge in [0.25, 0.3) is 0 Å². The highest BCUT2D eigenvalue weighted by molar-refractivity contribution is 5.36. The Kier molecular flexibility index (Phi) is 6.21. The lowest BCUT2D eigenvalue weighted by molar-refractivity contribution is 0.109. The fraction of sp³-hybridized carbons (Fsp3) is 0.636. The van der Waals surface area contributed by atoms with Gasteiger partial charge in [0.2, 0.25) is 11.7 Å². The van der Waals surface area contributed by atoms with Crippen LogP contribution >= 0.6 is 0 Å². The molecule has 1 unspecified atom stereocenters. The summed E-state index contributed by atoms with van der Waals surface area (Å²) < 4.78 is 18.3. The normalized spacial score (nSPS) is 21.8. The van der Waals surface area contributed by atoms with Gasteiger partial charge in [-0.3, -0.25) is 0 Å². The highest BCUT2D eigenvalue weighted by Crippen LogP contribution is 2.50. The molecule has 1 saturated carbocycles. The highest BCUT2D eigenvalue weighted by Gasteiger charge is 2.43. The van der Waals surface area contributed by atoms with E-state index in [9.17, 15) is 0 Å². The van der Waals surface area contributed by atoms with Gasteiger partial charge in [0.05, 0.1) is 18.5 Å². The second kappa shape index (κ2) is 9.42. The number of hydrogen-bond acceptors (Lipinski definition) is 10. The second-order valence-electron chi connectivity index (χ2n) is 9.00. The number of ether oxygens (including phenoxy) is 2. The van der Waals surface area contributed by atoms with Gasteiger partial charge in [-0.15, -0.1) is 5.10 Å². The van der Waals surface area contributed by atoms with E-state index in [2.05, 4.69) is 35.5 Å². The molecule has 4 heterocycles. The average Bonchev–Trinajstić information content (AvgIpc) is 3.21. The summed E-state index contributed by atoms with van der Waals surface area (Å²) in [7, 11) is 1.65. The molecule has 11 heteroatoms. The standard InChI is InChI=1S/C22H30N8O3/c1-14-10-18(30-13-24-27-28-30)12-23-21(14)32-9-6-17-11-19(17)16-4-7-29(8-5-16)22-25-20(26-33-22)15(2)31-3/h10,12-13,15-17,19H,4-9,11H2,1-3H3/t15?,17-,19-/m1/s1. The minimum absolute atomic E-state index is 0.155. The maximum atomic E-state index is 5.98. The maximum absolute atomic E-state index is 5.98. The van der Waals surface area contributed by atoms with Gasteiger partial charge in [0.1, 0.15) is 12.4 Å². The first-order valence-electron chi connectivity index (χ1n) is 11.6. The number of pyridine rings is 1. The van der Waals surface area contributed by atoms with Gasteiger partial charge >= 0.3 is 6.01 Å². The predicted molar refractivity (Wildman–Crippen MR) is 118 cm³/mol. The smallest absolute Gasteiger partial charge is 0.324 e. The summed E-state index contributed by atoms with van der Waals surface area (Å²) in [6.45, 7) is 6.53. The molecule has 0 N–H and O–H groups in total. The zero-order valence-electron chi connectivity index (χ0n) is 19.3. The summed E-state index contributed by atoms with van der Waals surface area (Å²) in [4.78, 5) is 11.1. The number of anilines is 1. The van der Waals surface area contributed by atoms with Gasteiger partial charge in [-0.2, -0.15) is 9.67 Å². The van der Waals surface area contributed by atoms with Crippen LogP contribution in [-0.4, -0.2) is 62.1 Å². The lowest BCUT2D eigenvalue weighted by atomic mass is 9.90. The molecule has 0 amide bonds. The van der Waals surface area contributed by atoms with E-state index < -0.39 is 0 Å². The van der Waals surface area contributed by atoms with Crippen LogP contribution in [0.15, 0.2) is 23.1 Å². The van der Waals surface area contributed by atoms with Gasteiger partial charge in [0, 0.05) is 25.8 Å². The molecule has 5 rings (SSSR count). The fourth-order valence-corrected chi connectivity index (χ4v) is 4.73. The molecule has 33 heavy (non-hydrogen) atoms. The molecule has 3 aromatic rings. The number of aromatic nitrogens is 7. The summed E-state index contributed by atoms with van der Waals surface area (Å²) in [6, 6.07) is 2.59. The Hall–Kier alpha value is -3.08. The van der Waals surface area contributed by atoms with E-state index in [1.807, 2.05) is 19.9 Å². The Morgan fingerprint density at radius 3 is 2.85 bits per heavy atom. The molecule has 2 aliphatic rings. The number of nitrogens with zero attached hydrogens (tertiary/aromatic N) is 8.